The van der Waals surface area contributed by atoms with Gasteiger partial charge in [-0.15, -0.1) is 0 Å². The minimum absolute atomic E-state index is 0.00778. The molecule has 0 saturated carbocycles. The molecule has 0 atom stereocenters. The molecule has 0 aliphatic carbocycles. The van der Waals surface area contributed by atoms with E-state index in [1.54, 1.807) is 0 Å². The van der Waals surface area contributed by atoms with Crippen LogP contribution in [-0.4, -0.2) is 27.2 Å². The van der Waals surface area contributed by atoms with Gasteiger partial charge in [-0.1, -0.05) is 6.92 Å². The Morgan fingerprint density at radius 3 is 3.00 bits per heavy atom. The Hall–Kier alpha value is -1.92. The largest absolute Gasteiger partial charge is 0.355 e. The number of hydrogen-bond acceptors (Lipinski definition) is 4. The summed E-state index contributed by atoms with van der Waals surface area (Å²) >= 11 is 0. The van der Waals surface area contributed by atoms with Crippen LogP contribution in [-0.2, 0) is 11.3 Å². The molecule has 15 heavy (non-hydrogen) atoms. The second-order valence-electron chi connectivity index (χ2n) is 3.00. The van der Waals surface area contributed by atoms with E-state index >= 15 is 0 Å². The molecule has 0 aromatic carbocycles. The smallest absolute Gasteiger partial charge is 0.307 e. The van der Waals surface area contributed by atoms with E-state index in [-0.39, 0.29) is 18.1 Å². The Labute approximate surface area is 86.2 Å². The molecule has 7 nitrogen and oxygen atoms in total. The monoisotopic (exact) mass is 212 g/mol. The molecule has 1 rings (SSSR count). The van der Waals surface area contributed by atoms with Crippen molar-refractivity contribution in [3.63, 3.8) is 0 Å². The van der Waals surface area contributed by atoms with Crippen molar-refractivity contribution in [2.24, 2.45) is 0 Å². The summed E-state index contributed by atoms with van der Waals surface area (Å²) in [5.74, 6) is -0.199. The fraction of sp³-hybridized carbons (Fsp3) is 0.500. The fourth-order valence-electron chi connectivity index (χ4n) is 1.00. The number of nitrogens with one attached hydrogen (secondary N) is 1. The topological polar surface area (TPSA) is 90.1 Å². The maximum atomic E-state index is 11.2. The van der Waals surface area contributed by atoms with Gasteiger partial charge in [0.1, 0.15) is 18.9 Å². The maximum Gasteiger partial charge on any atom is 0.307 e. The zero-order valence-corrected chi connectivity index (χ0v) is 8.34. The molecule has 0 aliphatic rings. The number of rotatable bonds is 5. The Balaban J connectivity index is 2.50. The highest BCUT2D eigenvalue weighted by atomic mass is 16.6. The summed E-state index contributed by atoms with van der Waals surface area (Å²) in [6.07, 6.45) is 3.20. The lowest BCUT2D eigenvalue weighted by molar-refractivity contribution is -0.385. The van der Waals surface area contributed by atoms with Gasteiger partial charge >= 0.3 is 5.69 Å². The number of hydrogen-bond donors (Lipinski definition) is 1. The third kappa shape index (κ3) is 3.37. The van der Waals surface area contributed by atoms with Gasteiger partial charge in [0.2, 0.25) is 5.91 Å². The van der Waals surface area contributed by atoms with Crippen LogP contribution in [0.3, 0.4) is 0 Å². The van der Waals surface area contributed by atoms with Crippen molar-refractivity contribution in [2.75, 3.05) is 6.54 Å². The normalized spacial score (nSPS) is 9.93. The number of nitrogens with zero attached hydrogens (tertiary/aromatic N) is 3. The van der Waals surface area contributed by atoms with Crippen molar-refractivity contribution in [2.45, 2.75) is 19.9 Å². The van der Waals surface area contributed by atoms with Gasteiger partial charge in [0.15, 0.2) is 0 Å². The summed E-state index contributed by atoms with van der Waals surface area (Å²) < 4.78 is 1.24. The van der Waals surface area contributed by atoms with Crippen molar-refractivity contribution >= 4 is 11.6 Å². The van der Waals surface area contributed by atoms with Crippen LogP contribution in [0.2, 0.25) is 0 Å². The first kappa shape index (κ1) is 11.2. The van der Waals surface area contributed by atoms with E-state index in [0.29, 0.717) is 6.54 Å². The molecule has 0 fully saturated rings. The van der Waals surface area contributed by atoms with Crippen LogP contribution in [0.15, 0.2) is 12.4 Å². The van der Waals surface area contributed by atoms with Crippen LogP contribution >= 0.6 is 0 Å². The molecule has 0 aliphatic heterocycles. The number of aromatic nitrogens is 2. The van der Waals surface area contributed by atoms with Crippen molar-refractivity contribution in [3.8, 4) is 0 Å². The molecule has 82 valence electrons. The summed E-state index contributed by atoms with van der Waals surface area (Å²) in [6, 6.07) is 0. The lowest BCUT2D eigenvalue weighted by Crippen LogP contribution is -2.28. The van der Waals surface area contributed by atoms with Crippen molar-refractivity contribution < 1.29 is 9.72 Å². The Morgan fingerprint density at radius 2 is 2.47 bits per heavy atom. The van der Waals surface area contributed by atoms with Gasteiger partial charge in [0.05, 0.1) is 4.92 Å². The van der Waals surface area contributed by atoms with Crippen molar-refractivity contribution in [1.29, 1.82) is 0 Å². The number of amides is 1. The highest BCUT2D eigenvalue weighted by Crippen LogP contribution is 2.07. The molecule has 0 radical (unpaired) electrons. The lowest BCUT2D eigenvalue weighted by Gasteiger charge is -2.02. The van der Waals surface area contributed by atoms with E-state index in [4.69, 9.17) is 0 Å². The first-order valence-electron chi connectivity index (χ1n) is 4.57. The molecule has 0 spiro atoms. The van der Waals surface area contributed by atoms with Crippen LogP contribution < -0.4 is 5.32 Å². The third-order valence-corrected chi connectivity index (χ3v) is 1.71. The summed E-state index contributed by atoms with van der Waals surface area (Å²) in [4.78, 5) is 21.0. The third-order valence-electron chi connectivity index (χ3n) is 1.71. The van der Waals surface area contributed by atoms with Crippen LogP contribution in [0, 0.1) is 10.1 Å². The van der Waals surface area contributed by atoms with Gasteiger partial charge in [-0.25, -0.2) is 0 Å². The molecule has 1 aromatic heterocycles. The first-order chi connectivity index (χ1) is 7.13. The average molecular weight is 212 g/mol. The molecule has 1 aromatic rings. The second kappa shape index (κ2) is 5.08. The number of carbonyl (C=O) groups excluding carboxylic acids is 1. The zero-order valence-electron chi connectivity index (χ0n) is 8.34. The molecule has 1 N–H and O–H groups in total. The van der Waals surface area contributed by atoms with Crippen molar-refractivity contribution in [3.05, 3.63) is 22.5 Å². The predicted molar refractivity (Wildman–Crippen MR) is 52.2 cm³/mol. The molecule has 1 amide bonds. The molecule has 0 saturated heterocycles. The number of carbonyl (C=O) groups is 1. The van der Waals surface area contributed by atoms with Gasteiger partial charge in [-0.05, 0) is 6.42 Å². The Bertz CT molecular complexity index is 361. The highest BCUT2D eigenvalue weighted by Gasteiger charge is 2.10. The van der Waals surface area contributed by atoms with Gasteiger partial charge in [0.25, 0.3) is 0 Å². The first-order valence-corrected chi connectivity index (χ1v) is 4.57. The maximum absolute atomic E-state index is 11.2. The van der Waals surface area contributed by atoms with Gasteiger partial charge in [0, 0.05) is 6.54 Å². The van der Waals surface area contributed by atoms with Gasteiger partial charge in [-0.3, -0.25) is 19.6 Å². The average Bonchev–Trinajstić information content (AvgIpc) is 2.63. The standard InChI is InChI=1S/C8H12N4O3/c1-2-3-9-8(13)6-11-5-7(4-10-11)12(14)15/h4-5H,2-3,6H2,1H3,(H,9,13). The molecular weight excluding hydrogens is 200 g/mol. The van der Waals surface area contributed by atoms with Gasteiger partial charge in [-0.2, -0.15) is 5.10 Å². The quantitative estimate of drug-likeness (QED) is 0.562. The van der Waals surface area contributed by atoms with Crippen LogP contribution in [0.5, 0.6) is 0 Å². The minimum Gasteiger partial charge on any atom is -0.355 e. The zero-order chi connectivity index (χ0) is 11.3. The van der Waals surface area contributed by atoms with E-state index in [9.17, 15) is 14.9 Å². The van der Waals surface area contributed by atoms with E-state index in [1.807, 2.05) is 6.92 Å². The number of nitro groups is 1. The minimum atomic E-state index is -0.548. The Morgan fingerprint density at radius 1 is 1.73 bits per heavy atom. The SMILES string of the molecule is CCCNC(=O)Cn1cc([N+](=O)[O-])cn1. The summed E-state index contributed by atoms with van der Waals surface area (Å²) in [6.45, 7) is 2.55. The molecular formula is C8H12N4O3. The van der Waals surface area contributed by atoms with E-state index in [0.717, 1.165) is 12.6 Å². The highest BCUT2D eigenvalue weighted by molar-refractivity contribution is 5.75. The van der Waals surface area contributed by atoms with E-state index in [2.05, 4.69) is 10.4 Å². The van der Waals surface area contributed by atoms with Crippen LogP contribution in [0.4, 0.5) is 5.69 Å². The molecule has 0 bridgehead atoms. The fourth-order valence-corrected chi connectivity index (χ4v) is 1.00. The van der Waals surface area contributed by atoms with Crippen LogP contribution in [0.25, 0.3) is 0 Å². The summed E-state index contributed by atoms with van der Waals surface area (Å²) in [5, 5.41) is 16.7. The van der Waals surface area contributed by atoms with E-state index in [1.165, 1.54) is 10.9 Å². The predicted octanol–water partition coefficient (Wildman–Crippen LogP) is 0.317. The summed E-state index contributed by atoms with van der Waals surface area (Å²) in [7, 11) is 0. The lowest BCUT2D eigenvalue weighted by atomic mass is 10.4. The second-order valence-corrected chi connectivity index (χ2v) is 3.00. The van der Waals surface area contributed by atoms with Crippen LogP contribution in [0.1, 0.15) is 13.3 Å². The van der Waals surface area contributed by atoms with Crippen molar-refractivity contribution in [1.82, 2.24) is 15.1 Å². The van der Waals surface area contributed by atoms with Gasteiger partial charge < -0.3 is 5.32 Å². The molecule has 0 unspecified atom stereocenters. The molecule has 1 heterocycles. The summed E-state index contributed by atoms with van der Waals surface area (Å²) in [5.41, 5.74) is -0.113. The Kier molecular flexibility index (Phi) is 3.78. The molecule has 7 heteroatoms. The van der Waals surface area contributed by atoms with E-state index < -0.39 is 4.92 Å².